The van der Waals surface area contributed by atoms with E-state index in [0.717, 1.165) is 25.9 Å². The highest BCUT2D eigenvalue weighted by atomic mass is 19.1. The number of aromatic nitrogens is 1. The fraction of sp³-hybridized carbons (Fsp3) is 0.615. The highest BCUT2D eigenvalue weighted by molar-refractivity contribution is 5.36. The van der Waals surface area contributed by atoms with E-state index in [-0.39, 0.29) is 5.82 Å². The zero-order valence-electron chi connectivity index (χ0n) is 10.3. The summed E-state index contributed by atoms with van der Waals surface area (Å²) in [6.45, 7) is 5.57. The molecule has 0 unspecified atom stereocenters. The number of rotatable bonds is 4. The summed E-state index contributed by atoms with van der Waals surface area (Å²) in [5.74, 6) is 0.130. The molecule has 0 aliphatic carbocycles. The summed E-state index contributed by atoms with van der Waals surface area (Å²) in [5.41, 5.74) is 0. The van der Waals surface area contributed by atoms with E-state index in [2.05, 4.69) is 22.1 Å². The number of anilines is 1. The van der Waals surface area contributed by atoms with Gasteiger partial charge in [0.2, 0.25) is 0 Å². The van der Waals surface area contributed by atoms with E-state index in [4.69, 9.17) is 0 Å². The summed E-state index contributed by atoms with van der Waals surface area (Å²) in [4.78, 5) is 6.49. The molecule has 1 aromatic rings. The third-order valence-corrected chi connectivity index (χ3v) is 3.23. The van der Waals surface area contributed by atoms with Crippen molar-refractivity contribution in [2.75, 3.05) is 25.0 Å². The Kier molecular flexibility index (Phi) is 4.31. The van der Waals surface area contributed by atoms with Crippen LogP contribution in [0.1, 0.15) is 26.2 Å². The minimum atomic E-state index is -0.261. The van der Waals surface area contributed by atoms with E-state index in [1.807, 2.05) is 0 Å². The van der Waals surface area contributed by atoms with Gasteiger partial charge in [-0.25, -0.2) is 9.37 Å². The fourth-order valence-corrected chi connectivity index (χ4v) is 2.30. The molecule has 0 aromatic carbocycles. The van der Waals surface area contributed by atoms with Crippen molar-refractivity contribution in [3.8, 4) is 0 Å². The van der Waals surface area contributed by atoms with Crippen LogP contribution < -0.4 is 5.32 Å². The predicted molar refractivity (Wildman–Crippen MR) is 67.6 cm³/mol. The Labute approximate surface area is 102 Å². The molecular weight excluding hydrogens is 217 g/mol. The van der Waals surface area contributed by atoms with Crippen molar-refractivity contribution in [3.05, 3.63) is 24.1 Å². The molecule has 2 rings (SSSR count). The molecule has 0 saturated carbocycles. The van der Waals surface area contributed by atoms with Gasteiger partial charge in [0.1, 0.15) is 0 Å². The molecule has 17 heavy (non-hydrogen) atoms. The van der Waals surface area contributed by atoms with Gasteiger partial charge in [-0.2, -0.15) is 0 Å². The summed E-state index contributed by atoms with van der Waals surface area (Å²) in [6.07, 6.45) is 4.95. The number of piperidine rings is 1. The summed E-state index contributed by atoms with van der Waals surface area (Å²) in [5, 5.41) is 3.20. The van der Waals surface area contributed by atoms with Gasteiger partial charge in [-0.15, -0.1) is 0 Å². The monoisotopic (exact) mass is 237 g/mol. The molecule has 0 spiro atoms. The Morgan fingerprint density at radius 1 is 1.47 bits per heavy atom. The summed E-state index contributed by atoms with van der Waals surface area (Å²) < 4.78 is 13.4. The highest BCUT2D eigenvalue weighted by Gasteiger charge is 2.19. The number of hydrogen-bond donors (Lipinski definition) is 1. The zero-order valence-corrected chi connectivity index (χ0v) is 10.3. The van der Waals surface area contributed by atoms with E-state index in [1.165, 1.54) is 19.0 Å². The molecule has 94 valence electrons. The lowest BCUT2D eigenvalue weighted by Crippen LogP contribution is -2.39. The number of nitrogens with one attached hydrogen (secondary N) is 1. The Morgan fingerprint density at radius 2 is 2.24 bits per heavy atom. The third kappa shape index (κ3) is 3.40. The number of likely N-dealkylation sites (tertiary alicyclic amines) is 1. The van der Waals surface area contributed by atoms with Gasteiger partial charge in [0.05, 0.1) is 0 Å². The average Bonchev–Trinajstić information content (AvgIpc) is 2.35. The van der Waals surface area contributed by atoms with Gasteiger partial charge in [0.25, 0.3) is 0 Å². The van der Waals surface area contributed by atoms with Gasteiger partial charge in [-0.05, 0) is 37.9 Å². The first-order chi connectivity index (χ1) is 8.29. The van der Waals surface area contributed by atoms with Crippen LogP contribution in [0.4, 0.5) is 10.2 Å². The predicted octanol–water partition coefficient (Wildman–Crippen LogP) is 2.51. The maximum atomic E-state index is 13.4. The molecule has 2 heterocycles. The van der Waals surface area contributed by atoms with Gasteiger partial charge in [0.15, 0.2) is 11.6 Å². The van der Waals surface area contributed by atoms with Crippen molar-refractivity contribution < 1.29 is 4.39 Å². The summed E-state index contributed by atoms with van der Waals surface area (Å²) in [7, 11) is 0. The van der Waals surface area contributed by atoms with Crippen molar-refractivity contribution in [1.29, 1.82) is 0 Å². The normalized spacial score (nSPS) is 18.2. The molecule has 0 amide bonds. The molecule has 4 heteroatoms. The smallest absolute Gasteiger partial charge is 0.165 e. The van der Waals surface area contributed by atoms with Gasteiger partial charge < -0.3 is 10.2 Å². The van der Waals surface area contributed by atoms with Crippen molar-refractivity contribution in [2.24, 2.45) is 0 Å². The lowest BCUT2D eigenvalue weighted by molar-refractivity contribution is 0.219. The highest BCUT2D eigenvalue weighted by Crippen LogP contribution is 2.17. The molecule has 0 bridgehead atoms. The number of nitrogens with zero attached hydrogens (tertiary/aromatic N) is 2. The van der Waals surface area contributed by atoms with Crippen molar-refractivity contribution >= 4 is 5.82 Å². The van der Waals surface area contributed by atoms with E-state index in [1.54, 1.807) is 12.3 Å². The van der Waals surface area contributed by atoms with E-state index in [9.17, 15) is 4.39 Å². The second-order valence-corrected chi connectivity index (χ2v) is 4.59. The Balaban J connectivity index is 1.84. The van der Waals surface area contributed by atoms with Crippen molar-refractivity contribution in [2.45, 2.75) is 32.2 Å². The van der Waals surface area contributed by atoms with Gasteiger partial charge >= 0.3 is 0 Å². The van der Waals surface area contributed by atoms with E-state index < -0.39 is 0 Å². The van der Waals surface area contributed by atoms with E-state index >= 15 is 0 Å². The minimum Gasteiger partial charge on any atom is -0.365 e. The zero-order chi connectivity index (χ0) is 12.1. The second kappa shape index (κ2) is 5.96. The van der Waals surface area contributed by atoms with Crippen LogP contribution in [-0.2, 0) is 0 Å². The SMILES string of the molecule is CCCN1CCC(Nc2ncccc2F)CC1. The van der Waals surface area contributed by atoms with Crippen molar-refractivity contribution in [1.82, 2.24) is 9.88 Å². The standard InChI is InChI=1S/C13H20FN3/c1-2-8-17-9-5-11(6-10-17)16-13-12(14)4-3-7-15-13/h3-4,7,11H,2,5-6,8-10H2,1H3,(H,15,16). The Bertz CT molecular complexity index is 348. The first-order valence-electron chi connectivity index (χ1n) is 6.39. The molecule has 1 fully saturated rings. The summed E-state index contributed by atoms with van der Waals surface area (Å²) in [6, 6.07) is 3.42. The first-order valence-corrected chi connectivity index (χ1v) is 6.39. The first kappa shape index (κ1) is 12.3. The van der Waals surface area contributed by atoms with E-state index in [0.29, 0.717) is 11.9 Å². The largest absolute Gasteiger partial charge is 0.365 e. The molecule has 3 nitrogen and oxygen atoms in total. The molecule has 1 aliphatic heterocycles. The lowest BCUT2D eigenvalue weighted by atomic mass is 10.0. The van der Waals surface area contributed by atoms with Gasteiger partial charge in [0, 0.05) is 25.3 Å². The average molecular weight is 237 g/mol. The fourth-order valence-electron chi connectivity index (χ4n) is 2.30. The molecule has 1 aromatic heterocycles. The van der Waals surface area contributed by atoms with Crippen molar-refractivity contribution in [3.63, 3.8) is 0 Å². The molecule has 1 N–H and O–H groups in total. The maximum Gasteiger partial charge on any atom is 0.165 e. The van der Waals surface area contributed by atoms with Gasteiger partial charge in [-0.3, -0.25) is 0 Å². The Hall–Kier alpha value is -1.16. The third-order valence-electron chi connectivity index (χ3n) is 3.23. The van der Waals surface area contributed by atoms with Crippen LogP contribution in [0.5, 0.6) is 0 Å². The van der Waals surface area contributed by atoms with Crippen LogP contribution in [0.3, 0.4) is 0 Å². The van der Waals surface area contributed by atoms with Crippen LogP contribution in [0, 0.1) is 5.82 Å². The van der Waals surface area contributed by atoms with Crippen LogP contribution in [-0.4, -0.2) is 35.6 Å². The quantitative estimate of drug-likeness (QED) is 0.872. The van der Waals surface area contributed by atoms with Gasteiger partial charge in [-0.1, -0.05) is 6.92 Å². The second-order valence-electron chi connectivity index (χ2n) is 4.59. The molecule has 1 aliphatic rings. The van der Waals surface area contributed by atoms with Crippen LogP contribution in [0.2, 0.25) is 0 Å². The van der Waals surface area contributed by atoms with Crippen LogP contribution in [0.25, 0.3) is 0 Å². The minimum absolute atomic E-state index is 0.261. The maximum absolute atomic E-state index is 13.4. The number of hydrogen-bond acceptors (Lipinski definition) is 3. The molecule has 1 saturated heterocycles. The number of pyridine rings is 1. The topological polar surface area (TPSA) is 28.2 Å². The number of halogens is 1. The van der Waals surface area contributed by atoms with Crippen LogP contribution >= 0.6 is 0 Å². The lowest BCUT2D eigenvalue weighted by Gasteiger charge is -2.32. The molecular formula is C13H20FN3. The summed E-state index contributed by atoms with van der Waals surface area (Å²) >= 11 is 0. The molecule has 0 atom stereocenters. The Morgan fingerprint density at radius 3 is 2.88 bits per heavy atom. The van der Waals surface area contributed by atoms with Crippen LogP contribution in [0.15, 0.2) is 18.3 Å². The molecule has 0 radical (unpaired) electrons.